The molecule has 3 heterocycles. The first kappa shape index (κ1) is 22.1. The Bertz CT molecular complexity index is 1130. The largest absolute Gasteiger partial charge is 0.492 e. The van der Waals surface area contributed by atoms with Crippen LogP contribution in [0.15, 0.2) is 17.1 Å². The molecule has 1 atom stereocenters. The minimum absolute atomic E-state index is 0.0260. The van der Waals surface area contributed by atoms with E-state index in [-0.39, 0.29) is 34.5 Å². The molecule has 0 spiro atoms. The molecule has 2 aliphatic heterocycles. The number of ether oxygens (including phenoxy) is 3. The van der Waals surface area contributed by atoms with E-state index in [1.54, 1.807) is 4.57 Å². The van der Waals surface area contributed by atoms with Crippen LogP contribution in [0.5, 0.6) is 5.75 Å². The van der Waals surface area contributed by atoms with E-state index in [2.05, 4.69) is 4.90 Å². The van der Waals surface area contributed by atoms with E-state index in [4.69, 9.17) is 14.2 Å². The van der Waals surface area contributed by atoms with E-state index in [9.17, 15) is 14.7 Å². The van der Waals surface area contributed by atoms with Crippen molar-refractivity contribution in [3.8, 4) is 5.75 Å². The summed E-state index contributed by atoms with van der Waals surface area (Å²) in [6, 6.07) is 1.23. The maximum atomic E-state index is 15.5. The van der Waals surface area contributed by atoms with Gasteiger partial charge >= 0.3 is 5.97 Å². The Morgan fingerprint density at radius 1 is 1.24 bits per heavy atom. The molecule has 5 rings (SSSR count). The topological polar surface area (TPSA) is 93.5 Å². The zero-order valence-electron chi connectivity index (χ0n) is 18.6. The molecule has 0 amide bonds. The Morgan fingerprint density at radius 3 is 2.67 bits per heavy atom. The smallest absolute Gasteiger partial charge is 0.341 e. The molecule has 2 aromatic rings. The molecule has 178 valence electrons. The van der Waals surface area contributed by atoms with Gasteiger partial charge in [-0.2, -0.15) is 0 Å². The van der Waals surface area contributed by atoms with Gasteiger partial charge in [-0.25, -0.2) is 9.18 Å². The molecule has 9 nitrogen and oxygen atoms in total. The average Bonchev–Trinajstić information content (AvgIpc) is 3.65. The predicted octanol–water partition coefficient (Wildman–Crippen LogP) is 1.72. The van der Waals surface area contributed by atoms with Crippen molar-refractivity contribution in [3.05, 3.63) is 33.9 Å². The van der Waals surface area contributed by atoms with Crippen molar-refractivity contribution in [3.63, 3.8) is 0 Å². The quantitative estimate of drug-likeness (QED) is 0.695. The van der Waals surface area contributed by atoms with Gasteiger partial charge in [0.25, 0.3) is 0 Å². The highest BCUT2D eigenvalue weighted by Gasteiger charge is 2.33. The van der Waals surface area contributed by atoms with Gasteiger partial charge in [0.2, 0.25) is 5.43 Å². The van der Waals surface area contributed by atoms with Crippen LogP contribution in [0.1, 0.15) is 29.2 Å². The van der Waals surface area contributed by atoms with Crippen LogP contribution in [0.3, 0.4) is 0 Å². The summed E-state index contributed by atoms with van der Waals surface area (Å²) >= 11 is 0. The monoisotopic (exact) mass is 461 g/mol. The van der Waals surface area contributed by atoms with Crippen molar-refractivity contribution in [2.75, 3.05) is 64.6 Å². The summed E-state index contributed by atoms with van der Waals surface area (Å²) < 4.78 is 34.3. The Balaban J connectivity index is 1.56. The predicted molar refractivity (Wildman–Crippen MR) is 119 cm³/mol. The SMILES string of the molecule is COc1c(N2CCOC(CN3CCOCC3)C2)c(F)cc2c(=O)c(C(=O)O)cn(C3CC3)c12. The third-order valence-electron chi connectivity index (χ3n) is 6.59. The Kier molecular flexibility index (Phi) is 5.98. The normalized spacial score (nSPS) is 22.0. The van der Waals surface area contributed by atoms with Crippen LogP contribution in [-0.2, 0) is 9.47 Å². The Labute approximate surface area is 190 Å². The molecule has 0 radical (unpaired) electrons. The third kappa shape index (κ3) is 4.18. The molecular weight excluding hydrogens is 433 g/mol. The Hall–Kier alpha value is -2.69. The van der Waals surface area contributed by atoms with Crippen LogP contribution >= 0.6 is 0 Å². The number of methoxy groups -OCH3 is 1. The molecule has 1 saturated carbocycles. The highest BCUT2D eigenvalue weighted by molar-refractivity contribution is 5.97. The van der Waals surface area contributed by atoms with Gasteiger partial charge in [0.15, 0.2) is 11.6 Å². The van der Waals surface area contributed by atoms with Gasteiger partial charge in [-0.3, -0.25) is 9.69 Å². The Morgan fingerprint density at radius 2 is 2.00 bits per heavy atom. The van der Waals surface area contributed by atoms with Gasteiger partial charge < -0.3 is 28.8 Å². The first-order valence-corrected chi connectivity index (χ1v) is 11.3. The molecule has 3 fully saturated rings. The number of carboxylic acids is 1. The maximum Gasteiger partial charge on any atom is 0.341 e. The summed E-state index contributed by atoms with van der Waals surface area (Å²) in [6.07, 6.45) is 3.00. The van der Waals surface area contributed by atoms with Crippen molar-refractivity contribution in [1.82, 2.24) is 9.47 Å². The lowest BCUT2D eigenvalue weighted by atomic mass is 10.1. The van der Waals surface area contributed by atoms with Gasteiger partial charge in [0.05, 0.1) is 43.9 Å². The van der Waals surface area contributed by atoms with E-state index in [0.29, 0.717) is 38.4 Å². The summed E-state index contributed by atoms with van der Waals surface area (Å²) in [5.74, 6) is -1.66. The first-order chi connectivity index (χ1) is 16.0. The van der Waals surface area contributed by atoms with E-state index in [1.807, 2.05) is 4.90 Å². The van der Waals surface area contributed by atoms with Gasteiger partial charge in [-0.15, -0.1) is 0 Å². The number of halogens is 1. The van der Waals surface area contributed by atoms with Crippen LogP contribution in [-0.4, -0.2) is 86.3 Å². The molecule has 0 bridgehead atoms. The lowest BCUT2D eigenvalue weighted by molar-refractivity contribution is -0.0172. The number of anilines is 1. The van der Waals surface area contributed by atoms with E-state index >= 15 is 4.39 Å². The molecule has 1 aromatic carbocycles. The molecule has 2 saturated heterocycles. The van der Waals surface area contributed by atoms with Crippen molar-refractivity contribution in [2.24, 2.45) is 0 Å². The van der Waals surface area contributed by atoms with Crippen LogP contribution < -0.4 is 15.1 Å². The number of rotatable bonds is 6. The number of morpholine rings is 2. The number of carbonyl (C=O) groups is 1. The molecule has 10 heteroatoms. The summed E-state index contributed by atoms with van der Waals surface area (Å²) in [5.41, 5.74) is -0.328. The van der Waals surface area contributed by atoms with Crippen molar-refractivity contribution >= 4 is 22.6 Å². The van der Waals surface area contributed by atoms with Gasteiger partial charge in [-0.05, 0) is 18.9 Å². The summed E-state index contributed by atoms with van der Waals surface area (Å²) in [7, 11) is 1.45. The summed E-state index contributed by atoms with van der Waals surface area (Å²) in [6.45, 7) is 5.22. The summed E-state index contributed by atoms with van der Waals surface area (Å²) in [5, 5.41) is 9.52. The fourth-order valence-electron chi connectivity index (χ4n) is 4.83. The number of aromatic nitrogens is 1. The van der Waals surface area contributed by atoms with E-state index in [0.717, 1.165) is 38.5 Å². The van der Waals surface area contributed by atoms with E-state index in [1.165, 1.54) is 13.3 Å². The molecule has 1 aliphatic carbocycles. The second-order valence-corrected chi connectivity index (χ2v) is 8.80. The first-order valence-electron chi connectivity index (χ1n) is 11.3. The third-order valence-corrected chi connectivity index (χ3v) is 6.59. The molecule has 1 aromatic heterocycles. The molecule has 33 heavy (non-hydrogen) atoms. The average molecular weight is 461 g/mol. The minimum Gasteiger partial charge on any atom is -0.492 e. The van der Waals surface area contributed by atoms with Crippen LogP contribution in [0, 0.1) is 5.82 Å². The number of nitrogens with zero attached hydrogens (tertiary/aromatic N) is 3. The van der Waals surface area contributed by atoms with Gasteiger partial charge in [0.1, 0.15) is 11.3 Å². The highest BCUT2D eigenvalue weighted by Crippen LogP contribution is 2.44. The standard InChI is InChI=1S/C23H28FN3O6/c1-31-22-19-16(21(28)17(23(29)30)13-27(19)14-2-3-14)10-18(24)20(22)26-6-9-33-15(12-26)11-25-4-7-32-8-5-25/h10,13-15H,2-9,11-12H2,1H3,(H,29,30). The van der Waals surface area contributed by atoms with Crippen LogP contribution in [0.25, 0.3) is 10.9 Å². The fourth-order valence-corrected chi connectivity index (χ4v) is 4.83. The van der Waals surface area contributed by atoms with E-state index < -0.39 is 17.2 Å². The zero-order chi connectivity index (χ0) is 23.1. The van der Waals surface area contributed by atoms with Crippen molar-refractivity contribution in [1.29, 1.82) is 0 Å². The van der Waals surface area contributed by atoms with Crippen molar-refractivity contribution < 1.29 is 28.5 Å². The lowest BCUT2D eigenvalue weighted by Crippen LogP contribution is -2.50. The number of hydrogen-bond acceptors (Lipinski definition) is 7. The number of benzene rings is 1. The molecular formula is C23H28FN3O6. The second kappa shape index (κ2) is 8.92. The molecule has 3 aliphatic rings. The van der Waals surface area contributed by atoms with Gasteiger partial charge in [0, 0.05) is 45.0 Å². The van der Waals surface area contributed by atoms with Gasteiger partial charge in [-0.1, -0.05) is 0 Å². The maximum absolute atomic E-state index is 15.5. The second-order valence-electron chi connectivity index (χ2n) is 8.80. The molecule has 1 unspecified atom stereocenters. The fraction of sp³-hybridized carbons (Fsp3) is 0.565. The number of aromatic carboxylic acids is 1. The van der Waals surface area contributed by atoms with Crippen LogP contribution in [0.2, 0.25) is 0 Å². The minimum atomic E-state index is -1.32. The highest BCUT2D eigenvalue weighted by atomic mass is 19.1. The number of fused-ring (bicyclic) bond motifs is 1. The number of pyridine rings is 1. The summed E-state index contributed by atoms with van der Waals surface area (Å²) in [4.78, 5) is 28.7. The molecule has 1 N–H and O–H groups in total. The van der Waals surface area contributed by atoms with Crippen molar-refractivity contribution in [2.45, 2.75) is 25.0 Å². The number of carboxylic acid groups (broad SMARTS) is 1. The van der Waals surface area contributed by atoms with Crippen LogP contribution in [0.4, 0.5) is 10.1 Å². The zero-order valence-corrected chi connectivity index (χ0v) is 18.6. The number of hydrogen-bond donors (Lipinski definition) is 1. The lowest BCUT2D eigenvalue weighted by Gasteiger charge is -2.38.